The summed E-state index contributed by atoms with van der Waals surface area (Å²) in [6.07, 6.45) is 12.2. The van der Waals surface area contributed by atoms with E-state index in [1.165, 1.54) is 24.8 Å². The molecule has 2 atom stereocenters. The Balaban J connectivity index is 1.56. The first kappa shape index (κ1) is 29.3. The largest absolute Gasteiger partial charge is 0.480 e. The lowest BCUT2D eigenvalue weighted by Gasteiger charge is -2.31. The highest BCUT2D eigenvalue weighted by Gasteiger charge is 2.38. The van der Waals surface area contributed by atoms with Crippen molar-refractivity contribution in [3.63, 3.8) is 0 Å². The van der Waals surface area contributed by atoms with Crippen molar-refractivity contribution in [3.8, 4) is 0 Å². The molecule has 1 aromatic heterocycles. The van der Waals surface area contributed by atoms with Crippen LogP contribution in [0.3, 0.4) is 0 Å². The van der Waals surface area contributed by atoms with Crippen LogP contribution >= 0.6 is 0 Å². The summed E-state index contributed by atoms with van der Waals surface area (Å²) in [6, 6.07) is 0.714. The number of amides is 4. The van der Waals surface area contributed by atoms with Gasteiger partial charge in [0.1, 0.15) is 6.04 Å². The Hall–Kier alpha value is -3.21. The molecule has 11 heteroatoms. The van der Waals surface area contributed by atoms with E-state index in [0.717, 1.165) is 57.8 Å². The lowest BCUT2D eigenvalue weighted by atomic mass is 9.84. The number of carboxylic acid groups (broad SMARTS) is 1. The van der Waals surface area contributed by atoms with E-state index in [0.29, 0.717) is 17.2 Å². The van der Waals surface area contributed by atoms with Crippen LogP contribution < -0.4 is 16.4 Å². The molecule has 0 aliphatic heterocycles. The first-order valence-corrected chi connectivity index (χ1v) is 13.7. The maximum absolute atomic E-state index is 13.1. The zero-order chi connectivity index (χ0) is 27.5. The van der Waals surface area contributed by atoms with Gasteiger partial charge in [0.25, 0.3) is 5.91 Å². The molecule has 2 saturated carbocycles. The quantitative estimate of drug-likeness (QED) is 0.317. The Kier molecular flexibility index (Phi) is 11.3. The lowest BCUT2D eigenvalue weighted by molar-refractivity contribution is -0.148. The summed E-state index contributed by atoms with van der Waals surface area (Å²) in [6.45, 7) is -0.995. The first-order chi connectivity index (χ1) is 18.3. The molecule has 0 saturated heterocycles. The number of nitrogens with two attached hydrogens (primary N) is 1. The maximum Gasteiger partial charge on any atom is 0.326 e. The van der Waals surface area contributed by atoms with Crippen LogP contribution in [0.2, 0.25) is 0 Å². The molecule has 1 aromatic rings. The third-order valence-corrected chi connectivity index (χ3v) is 7.61. The summed E-state index contributed by atoms with van der Waals surface area (Å²) in [5.74, 6) is -3.82. The Morgan fingerprint density at radius 1 is 0.921 bits per heavy atom. The number of rotatable bonds is 12. The average Bonchev–Trinajstić information content (AvgIpc) is 3.46. The number of carbonyl (C=O) groups excluding carboxylic acids is 4. The SMILES string of the molecule is N[C@@H](CC1CCCCC1)C(=O)NCC(=O)NCC(=O)N(C(=O)c1ccco1)[C@@H](CC1CCCCC1)C(=O)O. The molecule has 210 valence electrons. The Bertz CT molecular complexity index is 953. The summed E-state index contributed by atoms with van der Waals surface area (Å²) in [7, 11) is 0. The van der Waals surface area contributed by atoms with Crippen molar-refractivity contribution >= 4 is 29.6 Å². The van der Waals surface area contributed by atoms with E-state index >= 15 is 0 Å². The van der Waals surface area contributed by atoms with Crippen molar-refractivity contribution < 1.29 is 33.5 Å². The minimum atomic E-state index is -1.39. The van der Waals surface area contributed by atoms with E-state index in [9.17, 15) is 29.1 Å². The first-order valence-electron chi connectivity index (χ1n) is 13.7. The molecule has 0 spiro atoms. The van der Waals surface area contributed by atoms with Crippen LogP contribution in [0.15, 0.2) is 22.8 Å². The van der Waals surface area contributed by atoms with E-state index in [1.807, 2.05) is 0 Å². The van der Waals surface area contributed by atoms with Crippen molar-refractivity contribution in [2.75, 3.05) is 13.1 Å². The molecule has 3 rings (SSSR count). The van der Waals surface area contributed by atoms with E-state index in [4.69, 9.17) is 10.2 Å². The van der Waals surface area contributed by atoms with Gasteiger partial charge in [-0.3, -0.25) is 24.1 Å². The molecular weight excluding hydrogens is 492 g/mol. The fourth-order valence-electron chi connectivity index (χ4n) is 5.51. The summed E-state index contributed by atoms with van der Waals surface area (Å²) >= 11 is 0. The molecular formula is C27H40N4O7. The van der Waals surface area contributed by atoms with Crippen LogP contribution in [-0.4, -0.2) is 64.8 Å². The van der Waals surface area contributed by atoms with E-state index < -0.39 is 48.2 Å². The van der Waals surface area contributed by atoms with Gasteiger partial charge >= 0.3 is 5.97 Å². The topological polar surface area (TPSA) is 172 Å². The van der Waals surface area contributed by atoms with Gasteiger partial charge in [-0.2, -0.15) is 0 Å². The maximum atomic E-state index is 13.1. The van der Waals surface area contributed by atoms with E-state index in [-0.39, 0.29) is 24.6 Å². The number of furan rings is 1. The van der Waals surface area contributed by atoms with Gasteiger partial charge in [0.15, 0.2) is 5.76 Å². The molecule has 4 amide bonds. The number of carbonyl (C=O) groups is 5. The van der Waals surface area contributed by atoms with Gasteiger partial charge in [-0.15, -0.1) is 0 Å². The Morgan fingerprint density at radius 3 is 2.08 bits per heavy atom. The highest BCUT2D eigenvalue weighted by molar-refractivity contribution is 6.07. The number of hydrogen-bond acceptors (Lipinski definition) is 7. The molecule has 0 bridgehead atoms. The predicted octanol–water partition coefficient (Wildman–Crippen LogP) is 2.20. The van der Waals surface area contributed by atoms with Crippen LogP contribution in [0.4, 0.5) is 0 Å². The van der Waals surface area contributed by atoms with Gasteiger partial charge in [-0.25, -0.2) is 4.79 Å². The molecule has 0 aromatic carbocycles. The van der Waals surface area contributed by atoms with Crippen molar-refractivity contribution in [2.24, 2.45) is 17.6 Å². The molecule has 2 aliphatic carbocycles. The average molecular weight is 533 g/mol. The lowest BCUT2D eigenvalue weighted by Crippen LogP contribution is -2.53. The number of imide groups is 1. The van der Waals surface area contributed by atoms with Crippen LogP contribution in [-0.2, 0) is 19.2 Å². The molecule has 38 heavy (non-hydrogen) atoms. The summed E-state index contributed by atoms with van der Waals surface area (Å²) in [5.41, 5.74) is 6.01. The molecule has 2 aliphatic rings. The van der Waals surface area contributed by atoms with Crippen molar-refractivity contribution in [2.45, 2.75) is 89.1 Å². The van der Waals surface area contributed by atoms with Gasteiger partial charge in [-0.05, 0) is 36.8 Å². The fourth-order valence-corrected chi connectivity index (χ4v) is 5.51. The van der Waals surface area contributed by atoms with Crippen molar-refractivity contribution in [3.05, 3.63) is 24.2 Å². The molecule has 0 radical (unpaired) electrons. The smallest absolute Gasteiger partial charge is 0.326 e. The van der Waals surface area contributed by atoms with Crippen LogP contribution in [0.1, 0.15) is 87.6 Å². The number of nitrogens with zero attached hydrogens (tertiary/aromatic N) is 1. The monoisotopic (exact) mass is 532 g/mol. The molecule has 2 fully saturated rings. The number of carboxylic acids is 1. The highest BCUT2D eigenvalue weighted by atomic mass is 16.4. The van der Waals surface area contributed by atoms with Gasteiger partial charge in [0.2, 0.25) is 17.7 Å². The second kappa shape index (κ2) is 14.7. The Labute approximate surface area is 222 Å². The summed E-state index contributed by atoms with van der Waals surface area (Å²) in [4.78, 5) is 63.8. The van der Waals surface area contributed by atoms with Gasteiger partial charge in [0, 0.05) is 0 Å². The molecule has 1 heterocycles. The van der Waals surface area contributed by atoms with E-state index in [2.05, 4.69) is 10.6 Å². The second-order valence-electron chi connectivity index (χ2n) is 10.5. The van der Waals surface area contributed by atoms with Crippen molar-refractivity contribution in [1.29, 1.82) is 0 Å². The number of aliphatic carboxylic acids is 1. The van der Waals surface area contributed by atoms with Crippen LogP contribution in [0, 0.1) is 11.8 Å². The molecule has 5 N–H and O–H groups in total. The molecule has 0 unspecified atom stereocenters. The van der Waals surface area contributed by atoms with Crippen molar-refractivity contribution in [1.82, 2.24) is 15.5 Å². The summed E-state index contributed by atoms with van der Waals surface area (Å²) in [5, 5.41) is 14.8. The highest BCUT2D eigenvalue weighted by Crippen LogP contribution is 2.29. The number of nitrogens with one attached hydrogen (secondary N) is 2. The third-order valence-electron chi connectivity index (χ3n) is 7.61. The normalized spacial score (nSPS) is 18.2. The van der Waals surface area contributed by atoms with Gasteiger partial charge in [0.05, 0.1) is 25.4 Å². The standard InChI is InChI=1S/C27H40N4O7/c28-20(14-18-8-3-1-4-9-18)25(34)30-16-23(32)29-17-24(33)31(26(35)22-12-7-13-38-22)21(27(36)37)15-19-10-5-2-6-11-19/h7,12-13,18-21H,1-6,8-11,14-17,28H2,(H,29,32)(H,30,34)(H,36,37)/t20-,21-/m0/s1. The fraction of sp³-hybridized carbons (Fsp3) is 0.667. The van der Waals surface area contributed by atoms with Gasteiger partial charge in [-0.1, -0.05) is 64.2 Å². The molecule has 11 nitrogen and oxygen atoms in total. The van der Waals surface area contributed by atoms with E-state index in [1.54, 1.807) is 0 Å². The Morgan fingerprint density at radius 2 is 1.53 bits per heavy atom. The van der Waals surface area contributed by atoms with Crippen LogP contribution in [0.25, 0.3) is 0 Å². The van der Waals surface area contributed by atoms with Crippen LogP contribution in [0.5, 0.6) is 0 Å². The third kappa shape index (κ3) is 8.68. The number of hydrogen-bond donors (Lipinski definition) is 4. The minimum Gasteiger partial charge on any atom is -0.480 e. The minimum absolute atomic E-state index is 0.0761. The van der Waals surface area contributed by atoms with Gasteiger partial charge < -0.3 is 25.9 Å². The zero-order valence-corrected chi connectivity index (χ0v) is 21.9. The second-order valence-corrected chi connectivity index (χ2v) is 10.5. The predicted molar refractivity (Wildman–Crippen MR) is 138 cm³/mol. The zero-order valence-electron chi connectivity index (χ0n) is 21.9. The summed E-state index contributed by atoms with van der Waals surface area (Å²) < 4.78 is 5.13.